The Balaban J connectivity index is 2.07. The highest BCUT2D eigenvalue weighted by molar-refractivity contribution is 5.78. The summed E-state index contributed by atoms with van der Waals surface area (Å²) in [4.78, 5) is 11.9. The first kappa shape index (κ1) is 15.7. The van der Waals surface area contributed by atoms with Crippen molar-refractivity contribution >= 4 is 5.78 Å². The van der Waals surface area contributed by atoms with Gasteiger partial charge in [0.25, 0.3) is 0 Å². The fraction of sp³-hybridized carbons (Fsp3) is 0.938. The molecule has 2 nitrogen and oxygen atoms in total. The lowest BCUT2D eigenvalue weighted by atomic mass is 9.84. The van der Waals surface area contributed by atoms with Gasteiger partial charge >= 0.3 is 0 Å². The van der Waals surface area contributed by atoms with Gasteiger partial charge in [-0.05, 0) is 44.2 Å². The number of Topliss-reactive ketones (excluding diaryl/α,β-unsaturated/α-hetero) is 1. The average molecular weight is 253 g/mol. The van der Waals surface area contributed by atoms with Gasteiger partial charge in [-0.25, -0.2) is 0 Å². The molecule has 0 bridgehead atoms. The minimum atomic E-state index is 0.490. The van der Waals surface area contributed by atoms with Crippen molar-refractivity contribution < 1.29 is 4.79 Å². The Morgan fingerprint density at radius 3 is 2.72 bits per heavy atom. The highest BCUT2D eigenvalue weighted by Crippen LogP contribution is 2.23. The zero-order valence-electron chi connectivity index (χ0n) is 12.3. The van der Waals surface area contributed by atoms with Gasteiger partial charge in [0.05, 0.1) is 0 Å². The van der Waals surface area contributed by atoms with Gasteiger partial charge in [0.1, 0.15) is 5.78 Å². The second-order valence-corrected chi connectivity index (χ2v) is 5.99. The summed E-state index contributed by atoms with van der Waals surface area (Å²) in [5.41, 5.74) is 0. The molecule has 1 aliphatic rings. The van der Waals surface area contributed by atoms with Crippen molar-refractivity contribution in [3.05, 3.63) is 0 Å². The van der Waals surface area contributed by atoms with Crippen LogP contribution in [-0.4, -0.2) is 18.9 Å². The van der Waals surface area contributed by atoms with Crippen LogP contribution >= 0.6 is 0 Å². The summed E-state index contributed by atoms with van der Waals surface area (Å²) in [6.07, 6.45) is 10.4. The fourth-order valence-electron chi connectivity index (χ4n) is 2.92. The van der Waals surface area contributed by atoms with Crippen LogP contribution in [0.3, 0.4) is 0 Å². The predicted molar refractivity (Wildman–Crippen MR) is 77.8 cm³/mol. The lowest BCUT2D eigenvalue weighted by Gasteiger charge is -2.28. The first-order valence-electron chi connectivity index (χ1n) is 7.96. The molecule has 0 aromatic heterocycles. The average Bonchev–Trinajstić information content (AvgIpc) is 2.39. The van der Waals surface area contributed by atoms with Crippen molar-refractivity contribution in [2.75, 3.05) is 13.1 Å². The van der Waals surface area contributed by atoms with E-state index in [1.54, 1.807) is 0 Å². The Morgan fingerprint density at radius 1 is 1.28 bits per heavy atom. The Hall–Kier alpha value is -0.370. The van der Waals surface area contributed by atoms with E-state index in [0.717, 1.165) is 38.3 Å². The Morgan fingerprint density at radius 2 is 2.06 bits per heavy atom. The molecule has 0 spiro atoms. The second kappa shape index (κ2) is 9.55. The molecule has 0 aromatic rings. The van der Waals surface area contributed by atoms with E-state index in [1.807, 2.05) is 0 Å². The van der Waals surface area contributed by atoms with Crippen LogP contribution in [0.4, 0.5) is 0 Å². The smallest absolute Gasteiger partial charge is 0.133 e. The summed E-state index contributed by atoms with van der Waals surface area (Å²) in [5, 5.41) is 3.44. The van der Waals surface area contributed by atoms with Gasteiger partial charge < -0.3 is 5.32 Å². The van der Waals surface area contributed by atoms with Crippen LogP contribution in [0.2, 0.25) is 0 Å². The summed E-state index contributed by atoms with van der Waals surface area (Å²) in [6.45, 7) is 6.76. The lowest BCUT2D eigenvalue weighted by molar-refractivity contribution is -0.120. The van der Waals surface area contributed by atoms with Crippen molar-refractivity contribution in [1.82, 2.24) is 5.32 Å². The van der Waals surface area contributed by atoms with E-state index in [9.17, 15) is 4.79 Å². The molecule has 0 amide bonds. The molecule has 1 N–H and O–H groups in total. The lowest BCUT2D eigenvalue weighted by Crippen LogP contribution is -2.33. The molecule has 1 saturated heterocycles. The van der Waals surface area contributed by atoms with Crippen LogP contribution in [-0.2, 0) is 4.79 Å². The van der Waals surface area contributed by atoms with Gasteiger partial charge in [-0.2, -0.15) is 0 Å². The van der Waals surface area contributed by atoms with Gasteiger partial charge in [0.15, 0.2) is 0 Å². The molecule has 0 saturated carbocycles. The quantitative estimate of drug-likeness (QED) is 0.631. The third-order valence-electron chi connectivity index (χ3n) is 4.25. The number of hydrogen-bond acceptors (Lipinski definition) is 2. The number of carbonyl (C=O) groups is 1. The minimum absolute atomic E-state index is 0.490. The zero-order valence-corrected chi connectivity index (χ0v) is 12.3. The minimum Gasteiger partial charge on any atom is -0.316 e. The highest BCUT2D eigenvalue weighted by atomic mass is 16.1. The van der Waals surface area contributed by atoms with E-state index in [-0.39, 0.29) is 0 Å². The van der Waals surface area contributed by atoms with Gasteiger partial charge in [-0.1, -0.05) is 39.5 Å². The van der Waals surface area contributed by atoms with Crippen molar-refractivity contribution in [3.63, 3.8) is 0 Å². The Labute approximate surface area is 113 Å². The molecule has 106 valence electrons. The zero-order chi connectivity index (χ0) is 13.2. The number of carbonyl (C=O) groups excluding carboxylic acids is 1. The summed E-state index contributed by atoms with van der Waals surface area (Å²) in [7, 11) is 0. The number of nitrogens with one attached hydrogen (secondary N) is 1. The van der Waals surface area contributed by atoms with E-state index in [4.69, 9.17) is 0 Å². The van der Waals surface area contributed by atoms with Crippen LogP contribution in [0.25, 0.3) is 0 Å². The Bertz CT molecular complexity index is 221. The van der Waals surface area contributed by atoms with Crippen LogP contribution in [0.1, 0.15) is 71.6 Å². The van der Waals surface area contributed by atoms with Crippen molar-refractivity contribution in [2.45, 2.75) is 71.6 Å². The Kier molecular flexibility index (Phi) is 8.32. The highest BCUT2D eigenvalue weighted by Gasteiger charge is 2.21. The van der Waals surface area contributed by atoms with E-state index < -0.39 is 0 Å². The normalized spacial score (nSPS) is 21.8. The molecule has 2 atom stereocenters. The molecule has 1 heterocycles. The van der Waals surface area contributed by atoms with Crippen molar-refractivity contribution in [3.8, 4) is 0 Å². The van der Waals surface area contributed by atoms with E-state index in [1.165, 1.54) is 38.5 Å². The first-order chi connectivity index (χ1) is 8.74. The second-order valence-electron chi connectivity index (χ2n) is 5.99. The number of rotatable bonds is 9. The summed E-state index contributed by atoms with van der Waals surface area (Å²) < 4.78 is 0. The maximum absolute atomic E-state index is 11.9. The largest absolute Gasteiger partial charge is 0.316 e. The number of ketones is 1. The maximum Gasteiger partial charge on any atom is 0.133 e. The molecule has 1 fully saturated rings. The van der Waals surface area contributed by atoms with Crippen LogP contribution in [0, 0.1) is 11.8 Å². The molecule has 1 aliphatic heterocycles. The first-order valence-corrected chi connectivity index (χ1v) is 7.96. The third kappa shape index (κ3) is 6.53. The van der Waals surface area contributed by atoms with Gasteiger partial charge in [-0.3, -0.25) is 4.79 Å². The molecule has 18 heavy (non-hydrogen) atoms. The molecule has 2 heteroatoms. The number of unbranched alkanes of at least 4 members (excludes halogenated alkanes) is 4. The van der Waals surface area contributed by atoms with Crippen LogP contribution in [0.15, 0.2) is 0 Å². The SMILES string of the molecule is CCCCCCCC(=O)CC(C)C1CCCNC1. The number of piperidine rings is 1. The summed E-state index contributed by atoms with van der Waals surface area (Å²) >= 11 is 0. The van der Waals surface area contributed by atoms with Crippen molar-refractivity contribution in [1.29, 1.82) is 0 Å². The molecule has 1 rings (SSSR count). The number of hydrogen-bond donors (Lipinski definition) is 1. The van der Waals surface area contributed by atoms with E-state index >= 15 is 0 Å². The molecule has 0 radical (unpaired) electrons. The summed E-state index contributed by atoms with van der Waals surface area (Å²) in [6, 6.07) is 0. The van der Waals surface area contributed by atoms with E-state index in [0.29, 0.717) is 11.7 Å². The maximum atomic E-state index is 11.9. The summed E-state index contributed by atoms with van der Waals surface area (Å²) in [5.74, 6) is 1.79. The van der Waals surface area contributed by atoms with Crippen molar-refractivity contribution in [2.24, 2.45) is 11.8 Å². The van der Waals surface area contributed by atoms with E-state index in [2.05, 4.69) is 19.2 Å². The predicted octanol–water partition coefficient (Wildman–Crippen LogP) is 3.94. The fourth-order valence-corrected chi connectivity index (χ4v) is 2.92. The third-order valence-corrected chi connectivity index (χ3v) is 4.25. The standard InChI is InChI=1S/C16H31NO/c1-3-4-5-6-7-10-16(18)12-14(2)15-9-8-11-17-13-15/h14-15,17H,3-13H2,1-2H3. The van der Waals surface area contributed by atoms with Gasteiger partial charge in [-0.15, -0.1) is 0 Å². The molecule has 0 aromatic carbocycles. The molecular formula is C16H31NO. The van der Waals surface area contributed by atoms with Gasteiger partial charge in [0.2, 0.25) is 0 Å². The molecule has 0 aliphatic carbocycles. The van der Waals surface area contributed by atoms with Crippen LogP contribution in [0.5, 0.6) is 0 Å². The van der Waals surface area contributed by atoms with Gasteiger partial charge in [0, 0.05) is 12.8 Å². The molecular weight excluding hydrogens is 222 g/mol. The molecule has 2 unspecified atom stereocenters. The van der Waals surface area contributed by atoms with Crippen LogP contribution < -0.4 is 5.32 Å². The topological polar surface area (TPSA) is 29.1 Å². The monoisotopic (exact) mass is 253 g/mol.